The van der Waals surface area contributed by atoms with E-state index in [0.29, 0.717) is 19.5 Å². The van der Waals surface area contributed by atoms with Crippen molar-refractivity contribution in [2.45, 2.75) is 117 Å². The molecule has 1 rings (SSSR count). The second kappa shape index (κ2) is 10.8. The van der Waals surface area contributed by atoms with Crippen LogP contribution >= 0.6 is 0 Å². The molecule has 0 aromatic heterocycles. The van der Waals surface area contributed by atoms with Crippen molar-refractivity contribution in [3.63, 3.8) is 0 Å². The molecule has 7 nitrogen and oxygen atoms in total. The molecule has 0 spiro atoms. The molecule has 33 heavy (non-hydrogen) atoms. The van der Waals surface area contributed by atoms with Gasteiger partial charge in [0.05, 0.1) is 6.10 Å². The molecule has 0 aliphatic carbocycles. The predicted molar refractivity (Wildman–Crippen MR) is 136 cm³/mol. The summed E-state index contributed by atoms with van der Waals surface area (Å²) in [5.41, 5.74) is -1.13. The van der Waals surface area contributed by atoms with E-state index in [4.69, 9.17) is 13.9 Å². The number of nitrogens with one attached hydrogen (secondary N) is 1. The number of hydrogen-bond acceptors (Lipinski definition) is 5. The number of likely N-dealkylation sites (tertiary alicyclic amines) is 1. The van der Waals surface area contributed by atoms with Crippen molar-refractivity contribution in [2.75, 3.05) is 13.1 Å². The van der Waals surface area contributed by atoms with E-state index in [1.807, 2.05) is 47.6 Å². The quantitative estimate of drug-likeness (QED) is 0.349. The highest BCUT2D eigenvalue weighted by Crippen LogP contribution is 2.40. The van der Waals surface area contributed by atoms with Gasteiger partial charge >= 0.3 is 12.2 Å². The normalized spacial score (nSPS) is 20.9. The van der Waals surface area contributed by atoms with E-state index in [1.165, 1.54) is 0 Å². The number of nitrogens with zero attached hydrogens (tertiary/aromatic N) is 1. The number of rotatable bonds is 7. The van der Waals surface area contributed by atoms with Gasteiger partial charge in [0.25, 0.3) is 0 Å². The van der Waals surface area contributed by atoms with Crippen LogP contribution in [0.5, 0.6) is 0 Å². The van der Waals surface area contributed by atoms with Crippen molar-refractivity contribution >= 4 is 20.5 Å². The van der Waals surface area contributed by atoms with Gasteiger partial charge in [0.15, 0.2) is 8.32 Å². The van der Waals surface area contributed by atoms with Gasteiger partial charge < -0.3 is 24.1 Å². The summed E-state index contributed by atoms with van der Waals surface area (Å²) in [4.78, 5) is 26.9. The van der Waals surface area contributed by atoms with E-state index < -0.39 is 25.6 Å². The molecule has 0 saturated carbocycles. The van der Waals surface area contributed by atoms with Crippen molar-refractivity contribution < 1.29 is 23.5 Å². The van der Waals surface area contributed by atoms with Gasteiger partial charge in [-0.3, -0.25) is 0 Å². The van der Waals surface area contributed by atoms with Crippen molar-refractivity contribution in [3.05, 3.63) is 12.7 Å². The van der Waals surface area contributed by atoms with Crippen LogP contribution in [0.4, 0.5) is 9.59 Å². The van der Waals surface area contributed by atoms with Crippen molar-refractivity contribution in [1.82, 2.24) is 10.2 Å². The predicted octanol–water partition coefficient (Wildman–Crippen LogP) is 6.10. The van der Waals surface area contributed by atoms with E-state index in [2.05, 4.69) is 45.8 Å². The molecule has 0 bridgehead atoms. The Balaban J connectivity index is 2.96. The molecule has 1 aliphatic rings. The van der Waals surface area contributed by atoms with Crippen LogP contribution in [0.1, 0.15) is 75.2 Å². The highest BCUT2D eigenvalue weighted by atomic mass is 28.4. The number of alkyl carbamates (subject to hydrolysis) is 1. The average Bonchev–Trinajstić information content (AvgIpc) is 2.97. The zero-order valence-corrected chi connectivity index (χ0v) is 23.8. The van der Waals surface area contributed by atoms with Gasteiger partial charge in [0.1, 0.15) is 11.2 Å². The number of hydrogen-bond donors (Lipinski definition) is 1. The lowest BCUT2D eigenvalue weighted by Gasteiger charge is -2.38. The van der Waals surface area contributed by atoms with Crippen LogP contribution in [0.3, 0.4) is 0 Å². The van der Waals surface area contributed by atoms with E-state index in [0.717, 1.165) is 6.42 Å². The van der Waals surface area contributed by atoms with E-state index in [-0.39, 0.29) is 29.2 Å². The Morgan fingerprint density at radius 2 is 1.61 bits per heavy atom. The van der Waals surface area contributed by atoms with Crippen LogP contribution < -0.4 is 5.32 Å². The Morgan fingerprint density at radius 1 is 1.06 bits per heavy atom. The maximum Gasteiger partial charge on any atom is 0.410 e. The summed E-state index contributed by atoms with van der Waals surface area (Å²) < 4.78 is 17.7. The first-order valence-corrected chi connectivity index (χ1v) is 14.9. The standard InChI is InChI=1S/C25H48N2O5Si/c1-13-18(14-15-26-21(28)30-23(2,3)4)20-16-19(32-33(11,12)25(8,9)10)17-27(20)22(29)31-24(5,6)7/h13,18-20H,1,14-17H2,2-12H3,(H,26,28)/t18?,19-,20+/m1/s1. The van der Waals surface area contributed by atoms with E-state index in [1.54, 1.807) is 4.90 Å². The minimum absolute atomic E-state index is 0.0135. The number of carbonyl (C=O) groups is 2. The molecule has 1 fully saturated rings. The summed E-state index contributed by atoms with van der Waals surface area (Å²) in [5, 5.41) is 2.89. The summed E-state index contributed by atoms with van der Waals surface area (Å²) >= 11 is 0. The monoisotopic (exact) mass is 484 g/mol. The third kappa shape index (κ3) is 9.69. The van der Waals surface area contributed by atoms with Crippen LogP contribution in [0.15, 0.2) is 12.7 Å². The van der Waals surface area contributed by atoms with Gasteiger partial charge in [-0.15, -0.1) is 6.58 Å². The Hall–Kier alpha value is -1.54. The SMILES string of the molecule is C=CC(CCNC(=O)OC(C)(C)C)[C@@H]1C[C@@H](O[Si](C)(C)C(C)(C)C)CN1C(=O)OC(C)(C)C. The number of amides is 2. The van der Waals surface area contributed by atoms with Gasteiger partial charge in [-0.05, 0) is 78.4 Å². The van der Waals surface area contributed by atoms with E-state index in [9.17, 15) is 9.59 Å². The third-order valence-electron chi connectivity index (χ3n) is 6.14. The van der Waals surface area contributed by atoms with Crippen LogP contribution in [0, 0.1) is 5.92 Å². The molecule has 1 N–H and O–H groups in total. The molecule has 3 atom stereocenters. The fourth-order valence-electron chi connectivity index (χ4n) is 3.56. The van der Waals surface area contributed by atoms with Gasteiger partial charge in [-0.25, -0.2) is 9.59 Å². The molecule has 2 amide bonds. The highest BCUT2D eigenvalue weighted by Gasteiger charge is 2.45. The molecule has 1 heterocycles. The lowest BCUT2D eigenvalue weighted by atomic mass is 9.94. The summed E-state index contributed by atoms with van der Waals surface area (Å²) in [6.45, 7) is 27.2. The smallest absolute Gasteiger partial charge is 0.410 e. The summed E-state index contributed by atoms with van der Waals surface area (Å²) in [6.07, 6.45) is 2.40. The lowest BCUT2D eigenvalue weighted by molar-refractivity contribution is 0.0176. The first-order chi connectivity index (χ1) is 14.8. The molecule has 1 aliphatic heterocycles. The van der Waals surface area contributed by atoms with Crippen LogP contribution in [-0.2, 0) is 13.9 Å². The molecule has 1 unspecified atom stereocenters. The Kier molecular flexibility index (Phi) is 9.65. The highest BCUT2D eigenvalue weighted by molar-refractivity contribution is 6.74. The molecule has 0 radical (unpaired) electrons. The molecular weight excluding hydrogens is 436 g/mol. The number of carbonyl (C=O) groups excluding carboxylic acids is 2. The van der Waals surface area contributed by atoms with Crippen molar-refractivity contribution in [1.29, 1.82) is 0 Å². The van der Waals surface area contributed by atoms with Crippen molar-refractivity contribution in [2.24, 2.45) is 5.92 Å². The topological polar surface area (TPSA) is 77.1 Å². The lowest BCUT2D eigenvalue weighted by Crippen LogP contribution is -2.45. The fourth-order valence-corrected chi connectivity index (χ4v) is 4.92. The number of ether oxygens (including phenoxy) is 2. The third-order valence-corrected chi connectivity index (χ3v) is 10.7. The van der Waals surface area contributed by atoms with Crippen molar-refractivity contribution in [3.8, 4) is 0 Å². The molecule has 192 valence electrons. The van der Waals surface area contributed by atoms with E-state index >= 15 is 0 Å². The Labute approximate surface area is 202 Å². The van der Waals surface area contributed by atoms with Crippen LogP contribution in [0.25, 0.3) is 0 Å². The zero-order valence-electron chi connectivity index (χ0n) is 22.8. The summed E-state index contributed by atoms with van der Waals surface area (Å²) in [5.74, 6) is -0.0135. The largest absolute Gasteiger partial charge is 0.444 e. The summed E-state index contributed by atoms with van der Waals surface area (Å²) in [7, 11) is -2.00. The molecular formula is C25H48N2O5Si. The Bertz CT molecular complexity index is 688. The first kappa shape index (κ1) is 29.5. The Morgan fingerprint density at radius 3 is 2.06 bits per heavy atom. The maximum atomic E-state index is 13.1. The van der Waals surface area contributed by atoms with Gasteiger partial charge in [-0.2, -0.15) is 0 Å². The molecule has 0 aromatic rings. The fraction of sp³-hybridized carbons (Fsp3) is 0.840. The van der Waals surface area contributed by atoms with Crippen LogP contribution in [0.2, 0.25) is 18.1 Å². The molecule has 8 heteroatoms. The molecule has 0 aromatic carbocycles. The van der Waals surface area contributed by atoms with Gasteiger partial charge in [0.2, 0.25) is 0 Å². The van der Waals surface area contributed by atoms with Crippen LogP contribution in [-0.4, -0.2) is 61.8 Å². The summed E-state index contributed by atoms with van der Waals surface area (Å²) in [6, 6.07) is -0.104. The maximum absolute atomic E-state index is 13.1. The van der Waals surface area contributed by atoms with Gasteiger partial charge in [-0.1, -0.05) is 26.8 Å². The minimum atomic E-state index is -2.00. The second-order valence-electron chi connectivity index (χ2n) is 12.6. The first-order valence-electron chi connectivity index (χ1n) is 12.0. The second-order valence-corrected chi connectivity index (χ2v) is 17.3. The molecule has 1 saturated heterocycles. The van der Waals surface area contributed by atoms with Gasteiger partial charge in [0, 0.05) is 19.1 Å². The average molecular weight is 485 g/mol. The minimum Gasteiger partial charge on any atom is -0.444 e. The zero-order chi connectivity index (χ0) is 25.8.